The number of pyridine rings is 1. The van der Waals surface area contributed by atoms with Gasteiger partial charge in [0.05, 0.1) is 5.37 Å². The largest absolute Gasteiger partial charge is 0.302 e. The van der Waals surface area contributed by atoms with Crippen molar-refractivity contribution >= 4 is 27.7 Å². The van der Waals surface area contributed by atoms with Crippen molar-refractivity contribution in [3.05, 3.63) is 28.5 Å². The van der Waals surface area contributed by atoms with Crippen LogP contribution in [-0.4, -0.2) is 17.3 Å². The normalized spacial score (nSPS) is 23.0. The lowest BCUT2D eigenvalue weighted by Crippen LogP contribution is -2.25. The fourth-order valence-electron chi connectivity index (χ4n) is 1.35. The highest BCUT2D eigenvalue weighted by atomic mass is 79.9. The van der Waals surface area contributed by atoms with Crippen molar-refractivity contribution in [1.29, 1.82) is 0 Å². The van der Waals surface area contributed by atoms with E-state index >= 15 is 0 Å². The van der Waals surface area contributed by atoms with Crippen molar-refractivity contribution < 1.29 is 0 Å². The van der Waals surface area contributed by atoms with Gasteiger partial charge in [0.2, 0.25) is 0 Å². The van der Waals surface area contributed by atoms with Gasteiger partial charge in [-0.25, -0.2) is 0 Å². The fourth-order valence-corrected chi connectivity index (χ4v) is 2.84. The summed E-state index contributed by atoms with van der Waals surface area (Å²) in [6, 6.07) is 2.13. The van der Waals surface area contributed by atoms with E-state index in [9.17, 15) is 0 Å². The van der Waals surface area contributed by atoms with E-state index in [1.807, 2.05) is 24.2 Å². The lowest BCUT2D eigenvalue weighted by molar-refractivity contribution is 0.641. The molecule has 0 aliphatic carbocycles. The zero-order valence-electron chi connectivity index (χ0n) is 7.16. The molecule has 1 unspecified atom stereocenters. The minimum Gasteiger partial charge on any atom is -0.302 e. The minimum absolute atomic E-state index is 0.429. The standard InChI is InChI=1S/C9H11BrN2S/c10-8-4-7(5-11-6-8)9-12-2-1-3-13-9/h4-6,9,12H,1-3H2. The highest BCUT2D eigenvalue weighted by Crippen LogP contribution is 2.29. The molecule has 1 N–H and O–H groups in total. The first-order valence-corrected chi connectivity index (χ1v) is 6.16. The summed E-state index contributed by atoms with van der Waals surface area (Å²) in [7, 11) is 0. The molecular weight excluding hydrogens is 248 g/mol. The Labute approximate surface area is 90.6 Å². The van der Waals surface area contributed by atoms with Crippen molar-refractivity contribution in [2.45, 2.75) is 11.8 Å². The summed E-state index contributed by atoms with van der Waals surface area (Å²) in [4.78, 5) is 4.16. The van der Waals surface area contributed by atoms with Crippen LogP contribution in [0.3, 0.4) is 0 Å². The second kappa shape index (κ2) is 4.44. The van der Waals surface area contributed by atoms with E-state index in [0.29, 0.717) is 5.37 Å². The Kier molecular flexibility index (Phi) is 3.24. The summed E-state index contributed by atoms with van der Waals surface area (Å²) in [6.07, 6.45) is 5.01. The molecule has 0 radical (unpaired) electrons. The lowest BCUT2D eigenvalue weighted by Gasteiger charge is -2.22. The highest BCUT2D eigenvalue weighted by Gasteiger charge is 2.15. The van der Waals surface area contributed by atoms with Crippen molar-refractivity contribution in [1.82, 2.24) is 10.3 Å². The van der Waals surface area contributed by atoms with Crippen LogP contribution >= 0.6 is 27.7 Å². The average Bonchev–Trinajstić information content (AvgIpc) is 2.19. The molecule has 0 bridgehead atoms. The van der Waals surface area contributed by atoms with Crippen LogP contribution in [0.25, 0.3) is 0 Å². The quantitative estimate of drug-likeness (QED) is 0.839. The number of aromatic nitrogens is 1. The van der Waals surface area contributed by atoms with Gasteiger partial charge in [-0.2, -0.15) is 0 Å². The van der Waals surface area contributed by atoms with Gasteiger partial charge in [0.25, 0.3) is 0 Å². The van der Waals surface area contributed by atoms with E-state index in [4.69, 9.17) is 0 Å². The molecule has 13 heavy (non-hydrogen) atoms. The molecule has 70 valence electrons. The van der Waals surface area contributed by atoms with Gasteiger partial charge >= 0.3 is 0 Å². The fraction of sp³-hybridized carbons (Fsp3) is 0.444. The molecule has 1 aliphatic rings. The summed E-state index contributed by atoms with van der Waals surface area (Å²) in [5.41, 5.74) is 1.26. The predicted octanol–water partition coefficient (Wildman–Crippen LogP) is 2.57. The molecule has 0 aromatic carbocycles. The Morgan fingerprint density at radius 2 is 2.46 bits per heavy atom. The lowest BCUT2D eigenvalue weighted by atomic mass is 10.3. The van der Waals surface area contributed by atoms with Gasteiger partial charge in [-0.1, -0.05) is 0 Å². The molecule has 1 aliphatic heterocycles. The summed E-state index contributed by atoms with van der Waals surface area (Å²) >= 11 is 5.38. The number of nitrogens with one attached hydrogen (secondary N) is 1. The third-order valence-electron chi connectivity index (χ3n) is 1.96. The average molecular weight is 259 g/mol. The number of thioether (sulfide) groups is 1. The molecule has 0 amide bonds. The highest BCUT2D eigenvalue weighted by molar-refractivity contribution is 9.10. The van der Waals surface area contributed by atoms with Crippen LogP contribution in [0.1, 0.15) is 17.4 Å². The SMILES string of the molecule is Brc1cncc(C2NCCCS2)c1. The van der Waals surface area contributed by atoms with Crippen LogP contribution in [0.4, 0.5) is 0 Å². The molecule has 1 fully saturated rings. The first-order chi connectivity index (χ1) is 6.36. The molecule has 0 saturated carbocycles. The summed E-state index contributed by atoms with van der Waals surface area (Å²) in [5, 5.41) is 3.89. The van der Waals surface area contributed by atoms with Crippen molar-refractivity contribution in [3.8, 4) is 0 Å². The number of rotatable bonds is 1. The van der Waals surface area contributed by atoms with E-state index in [-0.39, 0.29) is 0 Å². The molecule has 1 aromatic heterocycles. The second-order valence-corrected chi connectivity index (χ2v) is 5.12. The molecule has 2 nitrogen and oxygen atoms in total. The molecule has 4 heteroatoms. The van der Waals surface area contributed by atoms with Crippen molar-refractivity contribution in [2.24, 2.45) is 0 Å². The third-order valence-corrected chi connectivity index (χ3v) is 3.69. The number of halogens is 1. The maximum Gasteiger partial charge on any atom is 0.0804 e. The number of hydrogen-bond acceptors (Lipinski definition) is 3. The summed E-state index contributed by atoms with van der Waals surface area (Å²) < 4.78 is 1.05. The van der Waals surface area contributed by atoms with Gasteiger partial charge in [0.15, 0.2) is 0 Å². The molecule has 2 heterocycles. The van der Waals surface area contributed by atoms with Crippen LogP contribution < -0.4 is 5.32 Å². The Balaban J connectivity index is 2.14. The molecule has 0 spiro atoms. The summed E-state index contributed by atoms with van der Waals surface area (Å²) in [6.45, 7) is 1.12. The maximum atomic E-state index is 4.16. The minimum atomic E-state index is 0.429. The summed E-state index contributed by atoms with van der Waals surface area (Å²) in [5.74, 6) is 1.24. The van der Waals surface area contributed by atoms with Gasteiger partial charge in [0, 0.05) is 16.9 Å². The molecule has 2 rings (SSSR count). The monoisotopic (exact) mass is 258 g/mol. The number of hydrogen-bond donors (Lipinski definition) is 1. The van der Waals surface area contributed by atoms with Gasteiger partial charge in [-0.05, 0) is 46.3 Å². The molecule has 1 aromatic rings. The Hall–Kier alpha value is -0.0600. The zero-order chi connectivity index (χ0) is 9.10. The van der Waals surface area contributed by atoms with Gasteiger partial charge < -0.3 is 5.32 Å². The van der Waals surface area contributed by atoms with E-state index < -0.39 is 0 Å². The van der Waals surface area contributed by atoms with E-state index in [1.54, 1.807) is 0 Å². The van der Waals surface area contributed by atoms with Crippen LogP contribution in [0, 0.1) is 0 Å². The van der Waals surface area contributed by atoms with Crippen LogP contribution in [0.5, 0.6) is 0 Å². The van der Waals surface area contributed by atoms with E-state index in [2.05, 4.69) is 32.3 Å². The third kappa shape index (κ3) is 2.45. The first kappa shape index (κ1) is 9.49. The molecular formula is C9H11BrN2S. The zero-order valence-corrected chi connectivity index (χ0v) is 9.57. The van der Waals surface area contributed by atoms with E-state index in [1.165, 1.54) is 17.7 Å². The Morgan fingerprint density at radius 3 is 3.15 bits per heavy atom. The van der Waals surface area contributed by atoms with Crippen molar-refractivity contribution in [2.75, 3.05) is 12.3 Å². The van der Waals surface area contributed by atoms with Crippen LogP contribution in [0.15, 0.2) is 22.9 Å². The Morgan fingerprint density at radius 1 is 1.54 bits per heavy atom. The van der Waals surface area contributed by atoms with Crippen molar-refractivity contribution in [3.63, 3.8) is 0 Å². The Bertz CT molecular complexity index is 287. The van der Waals surface area contributed by atoms with Gasteiger partial charge in [0.1, 0.15) is 0 Å². The predicted molar refractivity (Wildman–Crippen MR) is 59.8 cm³/mol. The molecule has 1 atom stereocenters. The van der Waals surface area contributed by atoms with Crippen LogP contribution in [-0.2, 0) is 0 Å². The first-order valence-electron chi connectivity index (χ1n) is 4.32. The molecule has 1 saturated heterocycles. The van der Waals surface area contributed by atoms with Crippen LogP contribution in [0.2, 0.25) is 0 Å². The maximum absolute atomic E-state index is 4.16. The smallest absolute Gasteiger partial charge is 0.0804 e. The van der Waals surface area contributed by atoms with Gasteiger partial charge in [-0.3, -0.25) is 4.98 Å². The van der Waals surface area contributed by atoms with E-state index in [0.717, 1.165) is 11.0 Å². The topological polar surface area (TPSA) is 24.9 Å². The number of nitrogens with zero attached hydrogens (tertiary/aromatic N) is 1. The van der Waals surface area contributed by atoms with Gasteiger partial charge in [-0.15, -0.1) is 11.8 Å². The second-order valence-electron chi connectivity index (χ2n) is 3.00.